The second-order valence-corrected chi connectivity index (χ2v) is 5.32. The third-order valence-electron chi connectivity index (χ3n) is 3.58. The number of carbonyl (C=O) groups excluding carboxylic acids is 1. The van der Waals surface area contributed by atoms with Gasteiger partial charge in [-0.1, -0.05) is 0 Å². The van der Waals surface area contributed by atoms with Crippen molar-refractivity contribution >= 4 is 5.91 Å². The lowest BCUT2D eigenvalue weighted by molar-refractivity contribution is -0.128. The van der Waals surface area contributed by atoms with Crippen LogP contribution in [0.25, 0.3) is 0 Å². The lowest BCUT2D eigenvalue weighted by atomic mass is 9.94. The SMILES string of the molecule is CN1CCC(CCNCCC(=O)N(C)C)CC1. The number of nitrogens with one attached hydrogen (secondary N) is 1. The van der Waals surface area contributed by atoms with Crippen LogP contribution in [0.1, 0.15) is 25.7 Å². The minimum Gasteiger partial charge on any atom is -0.349 e. The Balaban J connectivity index is 1.96. The van der Waals surface area contributed by atoms with Crippen LogP contribution in [0.2, 0.25) is 0 Å². The van der Waals surface area contributed by atoms with Crippen molar-refractivity contribution in [1.29, 1.82) is 0 Å². The molecule has 0 aromatic rings. The molecule has 1 saturated heterocycles. The maximum absolute atomic E-state index is 11.3. The molecule has 0 aromatic heterocycles. The molecule has 0 radical (unpaired) electrons. The molecule has 0 aromatic carbocycles. The zero-order valence-electron chi connectivity index (χ0n) is 11.5. The van der Waals surface area contributed by atoms with Crippen LogP contribution in [0.4, 0.5) is 0 Å². The van der Waals surface area contributed by atoms with Gasteiger partial charge in [0.2, 0.25) is 5.91 Å². The third-order valence-corrected chi connectivity index (χ3v) is 3.58. The van der Waals surface area contributed by atoms with E-state index < -0.39 is 0 Å². The highest BCUT2D eigenvalue weighted by Gasteiger charge is 2.15. The predicted octanol–water partition coefficient (Wildman–Crippen LogP) is 0.786. The molecule has 17 heavy (non-hydrogen) atoms. The normalized spacial score (nSPS) is 18.3. The molecule has 4 nitrogen and oxygen atoms in total. The summed E-state index contributed by atoms with van der Waals surface area (Å²) in [5.41, 5.74) is 0. The number of rotatable bonds is 6. The summed E-state index contributed by atoms with van der Waals surface area (Å²) in [6.45, 7) is 4.34. The van der Waals surface area contributed by atoms with Gasteiger partial charge in [0.15, 0.2) is 0 Å². The lowest BCUT2D eigenvalue weighted by Gasteiger charge is -2.28. The van der Waals surface area contributed by atoms with Crippen molar-refractivity contribution < 1.29 is 4.79 Å². The summed E-state index contributed by atoms with van der Waals surface area (Å²) in [7, 11) is 5.81. The van der Waals surface area contributed by atoms with Gasteiger partial charge in [0, 0.05) is 27.1 Å². The Morgan fingerprint density at radius 1 is 1.29 bits per heavy atom. The fraction of sp³-hybridized carbons (Fsp3) is 0.923. The first-order valence-corrected chi connectivity index (χ1v) is 6.69. The van der Waals surface area contributed by atoms with E-state index in [1.165, 1.54) is 32.4 Å². The summed E-state index contributed by atoms with van der Waals surface area (Å²) < 4.78 is 0. The molecule has 0 aliphatic carbocycles. The van der Waals surface area contributed by atoms with Crippen molar-refractivity contribution in [3.8, 4) is 0 Å². The van der Waals surface area contributed by atoms with Crippen LogP contribution in [0.15, 0.2) is 0 Å². The molecule has 1 rings (SSSR count). The molecule has 100 valence electrons. The molecule has 0 bridgehead atoms. The summed E-state index contributed by atoms with van der Waals surface area (Å²) in [5, 5.41) is 3.37. The van der Waals surface area contributed by atoms with E-state index in [9.17, 15) is 4.79 Å². The smallest absolute Gasteiger partial charge is 0.223 e. The zero-order chi connectivity index (χ0) is 12.7. The average Bonchev–Trinajstić information content (AvgIpc) is 2.30. The molecule has 1 aliphatic heterocycles. The Kier molecular flexibility index (Phi) is 6.52. The fourth-order valence-corrected chi connectivity index (χ4v) is 2.20. The van der Waals surface area contributed by atoms with Crippen LogP contribution in [-0.2, 0) is 4.79 Å². The summed E-state index contributed by atoms with van der Waals surface area (Å²) >= 11 is 0. The van der Waals surface area contributed by atoms with Crippen molar-refractivity contribution in [1.82, 2.24) is 15.1 Å². The predicted molar refractivity (Wildman–Crippen MR) is 71.0 cm³/mol. The second kappa shape index (κ2) is 7.67. The first kappa shape index (κ1) is 14.5. The van der Waals surface area contributed by atoms with E-state index in [-0.39, 0.29) is 5.91 Å². The molecule has 1 amide bonds. The molecule has 0 unspecified atom stereocenters. The van der Waals surface area contributed by atoms with Crippen LogP contribution in [0.5, 0.6) is 0 Å². The largest absolute Gasteiger partial charge is 0.349 e. The Bertz CT molecular complexity index is 223. The third kappa shape index (κ3) is 6.03. The van der Waals surface area contributed by atoms with Gasteiger partial charge in [-0.25, -0.2) is 0 Å². The molecule has 0 atom stereocenters. The molecule has 1 heterocycles. The number of nitrogens with zero attached hydrogens (tertiary/aromatic N) is 2. The zero-order valence-corrected chi connectivity index (χ0v) is 11.5. The van der Waals surface area contributed by atoms with E-state index in [2.05, 4.69) is 17.3 Å². The van der Waals surface area contributed by atoms with Crippen molar-refractivity contribution in [3.63, 3.8) is 0 Å². The standard InChI is InChI=1S/C13H27N3O/c1-15(2)13(17)5-9-14-8-4-12-6-10-16(3)11-7-12/h12,14H,4-11H2,1-3H3. The van der Waals surface area contributed by atoms with Gasteiger partial charge in [-0.15, -0.1) is 0 Å². The summed E-state index contributed by atoms with van der Waals surface area (Å²) in [5.74, 6) is 1.08. The minimum absolute atomic E-state index is 0.205. The van der Waals surface area contributed by atoms with Crippen molar-refractivity contribution in [3.05, 3.63) is 0 Å². The molecule has 1 N–H and O–H groups in total. The Labute approximate surface area is 105 Å². The summed E-state index contributed by atoms with van der Waals surface area (Å²) in [4.78, 5) is 15.4. The van der Waals surface area contributed by atoms with Gasteiger partial charge >= 0.3 is 0 Å². The van der Waals surface area contributed by atoms with E-state index in [1.54, 1.807) is 19.0 Å². The number of hydrogen-bond donors (Lipinski definition) is 1. The highest BCUT2D eigenvalue weighted by atomic mass is 16.2. The van der Waals surface area contributed by atoms with Crippen LogP contribution in [-0.4, -0.2) is 63.0 Å². The number of amides is 1. The molecule has 1 aliphatic rings. The van der Waals surface area contributed by atoms with Crippen LogP contribution in [0.3, 0.4) is 0 Å². The van der Waals surface area contributed by atoms with Crippen molar-refractivity contribution in [2.75, 3.05) is 47.3 Å². The van der Waals surface area contributed by atoms with Crippen LogP contribution < -0.4 is 5.32 Å². The molecule has 0 saturated carbocycles. The lowest BCUT2D eigenvalue weighted by Crippen LogP contribution is -2.32. The molecule has 1 fully saturated rings. The highest BCUT2D eigenvalue weighted by molar-refractivity contribution is 5.75. The Morgan fingerprint density at radius 3 is 2.53 bits per heavy atom. The van der Waals surface area contributed by atoms with Gasteiger partial charge in [0.05, 0.1) is 0 Å². The number of piperidine rings is 1. The Hall–Kier alpha value is -0.610. The van der Waals surface area contributed by atoms with E-state index >= 15 is 0 Å². The van der Waals surface area contributed by atoms with Gasteiger partial charge < -0.3 is 15.1 Å². The van der Waals surface area contributed by atoms with E-state index in [0.717, 1.165) is 19.0 Å². The molecular weight excluding hydrogens is 214 g/mol. The van der Waals surface area contributed by atoms with Gasteiger partial charge in [-0.2, -0.15) is 0 Å². The van der Waals surface area contributed by atoms with Gasteiger partial charge in [0.1, 0.15) is 0 Å². The highest BCUT2D eigenvalue weighted by Crippen LogP contribution is 2.18. The van der Waals surface area contributed by atoms with Gasteiger partial charge in [-0.3, -0.25) is 4.79 Å². The Morgan fingerprint density at radius 2 is 1.94 bits per heavy atom. The first-order chi connectivity index (χ1) is 8.09. The van der Waals surface area contributed by atoms with Crippen LogP contribution >= 0.6 is 0 Å². The first-order valence-electron chi connectivity index (χ1n) is 6.69. The van der Waals surface area contributed by atoms with E-state index in [0.29, 0.717) is 6.42 Å². The monoisotopic (exact) mass is 241 g/mol. The number of hydrogen-bond acceptors (Lipinski definition) is 3. The average molecular weight is 241 g/mol. The van der Waals surface area contributed by atoms with E-state index in [4.69, 9.17) is 0 Å². The minimum atomic E-state index is 0.205. The molecular formula is C13H27N3O. The van der Waals surface area contributed by atoms with Gasteiger partial charge in [-0.05, 0) is 51.9 Å². The van der Waals surface area contributed by atoms with Crippen molar-refractivity contribution in [2.45, 2.75) is 25.7 Å². The van der Waals surface area contributed by atoms with Gasteiger partial charge in [0.25, 0.3) is 0 Å². The number of likely N-dealkylation sites (tertiary alicyclic amines) is 1. The second-order valence-electron chi connectivity index (χ2n) is 5.32. The summed E-state index contributed by atoms with van der Waals surface area (Å²) in [6.07, 6.45) is 4.52. The van der Waals surface area contributed by atoms with Crippen LogP contribution in [0, 0.1) is 5.92 Å². The quantitative estimate of drug-likeness (QED) is 0.698. The maximum atomic E-state index is 11.3. The molecule has 4 heteroatoms. The van der Waals surface area contributed by atoms with Crippen molar-refractivity contribution in [2.24, 2.45) is 5.92 Å². The maximum Gasteiger partial charge on any atom is 0.223 e. The van der Waals surface area contributed by atoms with E-state index in [1.807, 2.05) is 0 Å². The molecule has 0 spiro atoms. The summed E-state index contributed by atoms with van der Waals surface area (Å²) in [6, 6.07) is 0. The fourth-order valence-electron chi connectivity index (χ4n) is 2.20. The topological polar surface area (TPSA) is 35.6 Å². The number of carbonyl (C=O) groups is 1.